The Morgan fingerprint density at radius 2 is 1.83 bits per heavy atom. The molecule has 1 fully saturated rings. The van der Waals surface area contributed by atoms with Crippen LogP contribution in [-0.4, -0.2) is 24.2 Å². The highest BCUT2D eigenvalue weighted by atomic mass is 16.4. The second-order valence-corrected chi connectivity index (χ2v) is 6.92. The Morgan fingerprint density at radius 1 is 1.22 bits per heavy atom. The molecule has 3 nitrogen and oxygen atoms in total. The molecule has 0 saturated heterocycles. The lowest BCUT2D eigenvalue weighted by molar-refractivity contribution is -0.143. The summed E-state index contributed by atoms with van der Waals surface area (Å²) in [5, 5.41) is 12.5. The number of rotatable bonds is 6. The van der Waals surface area contributed by atoms with Gasteiger partial charge in [-0.05, 0) is 62.9 Å². The molecular weight excluding hydrogens is 226 g/mol. The van der Waals surface area contributed by atoms with Crippen molar-refractivity contribution in [2.24, 2.45) is 17.3 Å². The minimum atomic E-state index is -0.605. The van der Waals surface area contributed by atoms with Crippen LogP contribution in [0, 0.1) is 17.3 Å². The first-order valence-corrected chi connectivity index (χ1v) is 7.32. The van der Waals surface area contributed by atoms with Crippen molar-refractivity contribution in [1.29, 1.82) is 0 Å². The molecule has 0 aromatic carbocycles. The summed E-state index contributed by atoms with van der Waals surface area (Å²) in [5.74, 6) is 0.00367. The van der Waals surface area contributed by atoms with Crippen molar-refractivity contribution in [3.8, 4) is 0 Å². The summed E-state index contributed by atoms with van der Waals surface area (Å²) in [7, 11) is 0. The predicted octanol–water partition coefficient (Wildman–Crippen LogP) is 3.29. The molecule has 18 heavy (non-hydrogen) atoms. The number of aliphatic carboxylic acids is 1. The van der Waals surface area contributed by atoms with Crippen molar-refractivity contribution in [3.05, 3.63) is 0 Å². The van der Waals surface area contributed by atoms with Gasteiger partial charge in [-0.3, -0.25) is 4.79 Å². The zero-order chi connectivity index (χ0) is 13.6. The summed E-state index contributed by atoms with van der Waals surface area (Å²) < 4.78 is 0. The quantitative estimate of drug-likeness (QED) is 0.716. The first kappa shape index (κ1) is 15.5. The lowest BCUT2D eigenvalue weighted by Gasteiger charge is -2.26. The molecule has 1 rings (SSSR count). The van der Waals surface area contributed by atoms with Gasteiger partial charge >= 0.3 is 5.97 Å². The SMILES string of the molecule is CC(C)(C)CCCNCC1CCC(C(=O)O)CC1. The highest BCUT2D eigenvalue weighted by Crippen LogP contribution is 2.28. The lowest BCUT2D eigenvalue weighted by Crippen LogP contribution is -2.29. The van der Waals surface area contributed by atoms with Crippen molar-refractivity contribution < 1.29 is 9.90 Å². The summed E-state index contributed by atoms with van der Waals surface area (Å²) in [6.45, 7) is 8.99. The van der Waals surface area contributed by atoms with E-state index in [0.717, 1.165) is 38.8 Å². The van der Waals surface area contributed by atoms with Gasteiger partial charge in [0.2, 0.25) is 0 Å². The molecule has 3 heteroatoms. The van der Waals surface area contributed by atoms with E-state index in [0.29, 0.717) is 11.3 Å². The van der Waals surface area contributed by atoms with Gasteiger partial charge in [0.05, 0.1) is 5.92 Å². The van der Waals surface area contributed by atoms with Crippen LogP contribution in [0.2, 0.25) is 0 Å². The van der Waals surface area contributed by atoms with Crippen LogP contribution in [0.3, 0.4) is 0 Å². The fourth-order valence-electron chi connectivity index (χ4n) is 2.66. The van der Waals surface area contributed by atoms with Crippen LogP contribution in [0.25, 0.3) is 0 Å². The molecule has 0 spiro atoms. The van der Waals surface area contributed by atoms with Gasteiger partial charge in [0.1, 0.15) is 0 Å². The molecule has 0 amide bonds. The van der Waals surface area contributed by atoms with E-state index in [1.54, 1.807) is 0 Å². The van der Waals surface area contributed by atoms with Gasteiger partial charge in [-0.2, -0.15) is 0 Å². The third kappa shape index (κ3) is 6.39. The van der Waals surface area contributed by atoms with E-state index in [1.165, 1.54) is 12.8 Å². The summed E-state index contributed by atoms with van der Waals surface area (Å²) in [4.78, 5) is 10.8. The number of hydrogen-bond acceptors (Lipinski definition) is 2. The Hall–Kier alpha value is -0.570. The number of carbonyl (C=O) groups is 1. The van der Waals surface area contributed by atoms with E-state index in [1.807, 2.05) is 0 Å². The smallest absolute Gasteiger partial charge is 0.306 e. The molecule has 1 saturated carbocycles. The highest BCUT2D eigenvalue weighted by Gasteiger charge is 2.25. The fraction of sp³-hybridized carbons (Fsp3) is 0.933. The Bertz CT molecular complexity index is 250. The van der Waals surface area contributed by atoms with Crippen LogP contribution in [0.1, 0.15) is 59.3 Å². The first-order chi connectivity index (χ1) is 8.38. The zero-order valence-corrected chi connectivity index (χ0v) is 12.2. The third-order valence-corrected chi connectivity index (χ3v) is 3.91. The van der Waals surface area contributed by atoms with Crippen LogP contribution < -0.4 is 5.32 Å². The standard InChI is InChI=1S/C15H29NO2/c1-15(2,3)9-4-10-16-11-12-5-7-13(8-6-12)14(17)18/h12-13,16H,4-11H2,1-3H3,(H,17,18). The van der Waals surface area contributed by atoms with Crippen LogP contribution in [0.15, 0.2) is 0 Å². The maximum Gasteiger partial charge on any atom is 0.306 e. The van der Waals surface area contributed by atoms with Crippen molar-refractivity contribution >= 4 is 5.97 Å². The molecular formula is C15H29NO2. The number of carboxylic acids is 1. The Labute approximate surface area is 111 Å². The highest BCUT2D eigenvalue weighted by molar-refractivity contribution is 5.69. The minimum absolute atomic E-state index is 0.0814. The Balaban J connectivity index is 2.03. The molecule has 1 aliphatic rings. The second-order valence-electron chi connectivity index (χ2n) is 6.92. The second kappa shape index (κ2) is 7.13. The summed E-state index contributed by atoms with van der Waals surface area (Å²) in [6.07, 6.45) is 6.36. The average Bonchev–Trinajstić information content (AvgIpc) is 2.27. The summed E-state index contributed by atoms with van der Waals surface area (Å²) in [5.41, 5.74) is 0.432. The van der Waals surface area contributed by atoms with Crippen LogP contribution in [-0.2, 0) is 4.79 Å². The monoisotopic (exact) mass is 255 g/mol. The molecule has 2 N–H and O–H groups in total. The minimum Gasteiger partial charge on any atom is -0.481 e. The summed E-state index contributed by atoms with van der Waals surface area (Å²) in [6, 6.07) is 0. The van der Waals surface area contributed by atoms with Gasteiger partial charge in [-0.1, -0.05) is 20.8 Å². The molecule has 0 radical (unpaired) electrons. The number of carboxylic acid groups (broad SMARTS) is 1. The van der Waals surface area contributed by atoms with E-state index in [4.69, 9.17) is 5.11 Å². The van der Waals surface area contributed by atoms with Gasteiger partial charge in [0, 0.05) is 0 Å². The molecule has 0 aromatic rings. The topological polar surface area (TPSA) is 49.3 Å². The third-order valence-electron chi connectivity index (χ3n) is 3.91. The molecule has 0 atom stereocenters. The molecule has 106 valence electrons. The van der Waals surface area contributed by atoms with Crippen LogP contribution in [0.4, 0.5) is 0 Å². The van der Waals surface area contributed by atoms with E-state index in [9.17, 15) is 4.79 Å². The zero-order valence-electron chi connectivity index (χ0n) is 12.2. The molecule has 0 heterocycles. The van der Waals surface area contributed by atoms with Crippen molar-refractivity contribution in [2.45, 2.75) is 59.3 Å². The summed E-state index contributed by atoms with van der Waals surface area (Å²) >= 11 is 0. The van der Waals surface area contributed by atoms with E-state index in [2.05, 4.69) is 26.1 Å². The van der Waals surface area contributed by atoms with Crippen molar-refractivity contribution in [3.63, 3.8) is 0 Å². The van der Waals surface area contributed by atoms with Gasteiger partial charge in [-0.15, -0.1) is 0 Å². The molecule has 1 aliphatic carbocycles. The van der Waals surface area contributed by atoms with Crippen LogP contribution in [0.5, 0.6) is 0 Å². The van der Waals surface area contributed by atoms with Gasteiger partial charge < -0.3 is 10.4 Å². The van der Waals surface area contributed by atoms with Crippen molar-refractivity contribution in [2.75, 3.05) is 13.1 Å². The van der Waals surface area contributed by atoms with Gasteiger partial charge in [-0.25, -0.2) is 0 Å². The van der Waals surface area contributed by atoms with E-state index < -0.39 is 5.97 Å². The lowest BCUT2D eigenvalue weighted by atomic mass is 9.82. The predicted molar refractivity (Wildman–Crippen MR) is 74.6 cm³/mol. The first-order valence-electron chi connectivity index (χ1n) is 7.32. The Kier molecular flexibility index (Phi) is 6.13. The van der Waals surface area contributed by atoms with E-state index in [-0.39, 0.29) is 5.92 Å². The molecule has 0 aliphatic heterocycles. The molecule has 0 unspecified atom stereocenters. The van der Waals surface area contributed by atoms with E-state index >= 15 is 0 Å². The van der Waals surface area contributed by atoms with Gasteiger partial charge in [0.25, 0.3) is 0 Å². The fourth-order valence-corrected chi connectivity index (χ4v) is 2.66. The number of nitrogens with one attached hydrogen (secondary N) is 1. The molecule has 0 bridgehead atoms. The van der Waals surface area contributed by atoms with Gasteiger partial charge in [0.15, 0.2) is 0 Å². The normalized spacial score (nSPS) is 25.1. The molecule has 0 aromatic heterocycles. The van der Waals surface area contributed by atoms with Crippen molar-refractivity contribution in [1.82, 2.24) is 5.32 Å². The maximum atomic E-state index is 10.8. The number of hydrogen-bond donors (Lipinski definition) is 2. The average molecular weight is 255 g/mol. The Morgan fingerprint density at radius 3 is 2.33 bits per heavy atom. The van der Waals surface area contributed by atoms with Crippen LogP contribution >= 0.6 is 0 Å². The largest absolute Gasteiger partial charge is 0.481 e. The maximum absolute atomic E-state index is 10.8.